The lowest BCUT2D eigenvalue weighted by Crippen LogP contribution is -1.91. The Labute approximate surface area is 116 Å². The molecule has 0 fully saturated rings. The number of hydrogen-bond donors (Lipinski definition) is 0. The smallest absolute Gasteiger partial charge is 0.0346 e. The van der Waals surface area contributed by atoms with Gasteiger partial charge < -0.3 is 0 Å². The first kappa shape index (κ1) is 14.9. The van der Waals surface area contributed by atoms with Gasteiger partial charge in [-0.25, -0.2) is 0 Å². The molecule has 0 aliphatic carbocycles. The summed E-state index contributed by atoms with van der Waals surface area (Å²) in [5.41, 5.74) is 4.65. The lowest BCUT2D eigenvalue weighted by molar-refractivity contribution is 1.30. The Bertz CT molecular complexity index is 539. The molecule has 0 atom stereocenters. The van der Waals surface area contributed by atoms with Crippen molar-refractivity contribution in [3.63, 3.8) is 0 Å². The second-order valence-electron chi connectivity index (χ2n) is 3.74. The van der Waals surface area contributed by atoms with Gasteiger partial charge in [-0.3, -0.25) is 4.98 Å². The van der Waals surface area contributed by atoms with Crippen molar-refractivity contribution in [2.24, 2.45) is 0 Å². The van der Waals surface area contributed by atoms with Gasteiger partial charge in [-0.1, -0.05) is 62.9 Å². The molecule has 2 rings (SSSR count). The molecule has 1 aromatic carbocycles. The maximum atomic E-state index is 4.17. The average Bonchev–Trinajstić information content (AvgIpc) is 2.52. The fraction of sp³-hybridized carbons (Fsp3) is 0.167. The molecular weight excluding hydrogens is 230 g/mol. The zero-order valence-corrected chi connectivity index (χ0v) is 11.9. The summed E-state index contributed by atoms with van der Waals surface area (Å²) in [6.07, 6.45) is 7.67. The van der Waals surface area contributed by atoms with Gasteiger partial charge in [0.05, 0.1) is 0 Å². The fourth-order valence-corrected chi connectivity index (χ4v) is 1.92. The van der Waals surface area contributed by atoms with Crippen LogP contribution in [0, 0.1) is 0 Å². The number of nitrogens with zero attached hydrogens (tertiary/aromatic N) is 1. The SMILES string of the molecule is C=Cc1ccccc1/C(=C\C)c1cccnc1.CC. The van der Waals surface area contributed by atoms with Crippen LogP contribution in [0.15, 0.2) is 61.4 Å². The van der Waals surface area contributed by atoms with Gasteiger partial charge in [0.2, 0.25) is 0 Å². The normalized spacial score (nSPS) is 10.4. The Balaban J connectivity index is 0.000000861. The Morgan fingerprint density at radius 3 is 2.42 bits per heavy atom. The van der Waals surface area contributed by atoms with E-state index >= 15 is 0 Å². The van der Waals surface area contributed by atoms with Crippen molar-refractivity contribution in [1.82, 2.24) is 4.98 Å². The zero-order chi connectivity index (χ0) is 14.1. The quantitative estimate of drug-likeness (QED) is 0.730. The molecule has 19 heavy (non-hydrogen) atoms. The van der Waals surface area contributed by atoms with Gasteiger partial charge in [0.1, 0.15) is 0 Å². The van der Waals surface area contributed by atoms with E-state index in [1.165, 1.54) is 11.1 Å². The Morgan fingerprint density at radius 2 is 1.84 bits per heavy atom. The van der Waals surface area contributed by atoms with Crippen LogP contribution >= 0.6 is 0 Å². The van der Waals surface area contributed by atoms with Crippen LogP contribution in [0.2, 0.25) is 0 Å². The molecule has 0 unspecified atom stereocenters. The summed E-state index contributed by atoms with van der Waals surface area (Å²) < 4.78 is 0. The topological polar surface area (TPSA) is 12.9 Å². The van der Waals surface area contributed by atoms with Crippen LogP contribution in [0.1, 0.15) is 37.5 Å². The van der Waals surface area contributed by atoms with Crippen LogP contribution in [0.25, 0.3) is 11.6 Å². The van der Waals surface area contributed by atoms with Gasteiger partial charge in [-0.05, 0) is 29.7 Å². The van der Waals surface area contributed by atoms with Gasteiger partial charge >= 0.3 is 0 Å². The van der Waals surface area contributed by atoms with Crippen LogP contribution in [-0.2, 0) is 0 Å². The number of rotatable bonds is 3. The highest BCUT2D eigenvalue weighted by Gasteiger charge is 2.06. The van der Waals surface area contributed by atoms with Crippen molar-refractivity contribution in [3.8, 4) is 0 Å². The molecule has 1 heteroatoms. The molecule has 0 amide bonds. The summed E-state index contributed by atoms with van der Waals surface area (Å²) in [5, 5.41) is 0. The molecule has 1 aromatic heterocycles. The minimum atomic E-state index is 1.13. The maximum Gasteiger partial charge on any atom is 0.0346 e. The molecular formula is C18H21N. The van der Waals surface area contributed by atoms with Gasteiger partial charge in [-0.15, -0.1) is 0 Å². The van der Waals surface area contributed by atoms with E-state index in [9.17, 15) is 0 Å². The molecule has 1 nitrogen and oxygen atoms in total. The molecule has 1 heterocycles. The fourth-order valence-electron chi connectivity index (χ4n) is 1.92. The van der Waals surface area contributed by atoms with E-state index < -0.39 is 0 Å². The van der Waals surface area contributed by atoms with Crippen LogP contribution in [0.5, 0.6) is 0 Å². The van der Waals surface area contributed by atoms with E-state index in [0.717, 1.165) is 11.1 Å². The monoisotopic (exact) mass is 251 g/mol. The molecule has 0 radical (unpaired) electrons. The molecule has 0 bridgehead atoms. The van der Waals surface area contributed by atoms with E-state index in [1.54, 1.807) is 6.20 Å². The lowest BCUT2D eigenvalue weighted by atomic mass is 9.95. The van der Waals surface area contributed by atoms with Crippen LogP contribution in [0.4, 0.5) is 0 Å². The molecule has 0 aliphatic rings. The summed E-state index contributed by atoms with van der Waals surface area (Å²) in [6, 6.07) is 12.3. The van der Waals surface area contributed by atoms with E-state index in [1.807, 2.05) is 51.2 Å². The number of hydrogen-bond acceptors (Lipinski definition) is 1. The second-order valence-corrected chi connectivity index (χ2v) is 3.74. The predicted molar refractivity (Wildman–Crippen MR) is 84.9 cm³/mol. The minimum absolute atomic E-state index is 1.13. The predicted octanol–water partition coefficient (Wildman–Crippen LogP) is 5.20. The van der Waals surface area contributed by atoms with Crippen molar-refractivity contribution in [1.29, 1.82) is 0 Å². The summed E-state index contributed by atoms with van der Waals surface area (Å²) >= 11 is 0. The van der Waals surface area contributed by atoms with E-state index in [-0.39, 0.29) is 0 Å². The molecule has 0 saturated carbocycles. The zero-order valence-electron chi connectivity index (χ0n) is 11.9. The van der Waals surface area contributed by atoms with Gasteiger partial charge in [0.25, 0.3) is 0 Å². The number of allylic oxidation sites excluding steroid dienone is 1. The van der Waals surface area contributed by atoms with E-state index in [0.29, 0.717) is 0 Å². The lowest BCUT2D eigenvalue weighted by Gasteiger charge is -2.10. The van der Waals surface area contributed by atoms with Crippen molar-refractivity contribution >= 4 is 11.6 Å². The maximum absolute atomic E-state index is 4.17. The summed E-state index contributed by atoms with van der Waals surface area (Å²) in [5.74, 6) is 0. The minimum Gasteiger partial charge on any atom is -0.264 e. The van der Waals surface area contributed by atoms with Crippen LogP contribution in [-0.4, -0.2) is 4.98 Å². The summed E-state index contributed by atoms with van der Waals surface area (Å²) in [6.45, 7) is 9.90. The number of aromatic nitrogens is 1. The standard InChI is InChI=1S/C16H15N.C2H6/c1-3-13-8-5-6-10-16(13)15(4-2)14-9-7-11-17-12-14;1-2/h3-12H,1H2,2H3;1-2H3/b15-4-;. The van der Waals surface area contributed by atoms with Crippen LogP contribution in [0.3, 0.4) is 0 Å². The number of benzene rings is 1. The molecule has 2 aromatic rings. The molecule has 0 aliphatic heterocycles. The first-order valence-corrected chi connectivity index (χ1v) is 6.65. The molecule has 0 saturated heterocycles. The van der Waals surface area contributed by atoms with Gasteiger partial charge in [0.15, 0.2) is 0 Å². The molecule has 0 spiro atoms. The van der Waals surface area contributed by atoms with Crippen molar-refractivity contribution in [2.45, 2.75) is 20.8 Å². The summed E-state index contributed by atoms with van der Waals surface area (Å²) in [7, 11) is 0. The largest absolute Gasteiger partial charge is 0.264 e. The summed E-state index contributed by atoms with van der Waals surface area (Å²) in [4.78, 5) is 4.17. The molecule has 0 N–H and O–H groups in total. The third-order valence-electron chi connectivity index (χ3n) is 2.73. The third kappa shape index (κ3) is 3.65. The van der Waals surface area contributed by atoms with Gasteiger partial charge in [0, 0.05) is 18.0 Å². The highest BCUT2D eigenvalue weighted by atomic mass is 14.6. The Hall–Kier alpha value is -2.15. The van der Waals surface area contributed by atoms with E-state index in [2.05, 4.69) is 35.8 Å². The van der Waals surface area contributed by atoms with Crippen molar-refractivity contribution in [3.05, 3.63) is 78.1 Å². The first-order valence-electron chi connectivity index (χ1n) is 6.65. The highest BCUT2D eigenvalue weighted by molar-refractivity contribution is 5.83. The van der Waals surface area contributed by atoms with E-state index in [4.69, 9.17) is 0 Å². The van der Waals surface area contributed by atoms with Gasteiger partial charge in [-0.2, -0.15) is 0 Å². The average molecular weight is 251 g/mol. The Kier molecular flexibility index (Phi) is 6.31. The Morgan fingerprint density at radius 1 is 1.11 bits per heavy atom. The molecule has 98 valence electrons. The number of pyridine rings is 1. The first-order chi connectivity index (χ1) is 9.36. The second kappa shape index (κ2) is 8.04. The van der Waals surface area contributed by atoms with Crippen molar-refractivity contribution in [2.75, 3.05) is 0 Å². The van der Waals surface area contributed by atoms with Crippen molar-refractivity contribution < 1.29 is 0 Å². The highest BCUT2D eigenvalue weighted by Crippen LogP contribution is 2.26. The third-order valence-corrected chi connectivity index (χ3v) is 2.73. The van der Waals surface area contributed by atoms with Crippen LogP contribution < -0.4 is 0 Å².